The number of rotatable bonds is 5. The lowest BCUT2D eigenvalue weighted by atomic mass is 10.2. The molecule has 2 N–H and O–H groups in total. The van der Waals surface area contributed by atoms with Crippen LogP contribution in [0.2, 0.25) is 10.0 Å². The number of nitrogens with one attached hydrogen (secondary N) is 2. The van der Waals surface area contributed by atoms with Crippen LogP contribution in [0.1, 0.15) is 18.4 Å². The lowest BCUT2D eigenvalue weighted by molar-refractivity contribution is -0.142. The number of hydrogen-bond donors (Lipinski definition) is 2. The Kier molecular flexibility index (Phi) is 7.42. The van der Waals surface area contributed by atoms with E-state index in [2.05, 4.69) is 15.4 Å². The minimum Gasteiger partial charge on any atom is -0.469 e. The molecular formula is C13H14Cl2N2O3S. The number of amides is 1. The van der Waals surface area contributed by atoms with Crippen molar-refractivity contribution in [3.8, 4) is 0 Å². The van der Waals surface area contributed by atoms with Crippen molar-refractivity contribution in [1.29, 1.82) is 0 Å². The predicted molar refractivity (Wildman–Crippen MR) is 85.3 cm³/mol. The van der Waals surface area contributed by atoms with Crippen molar-refractivity contribution in [1.82, 2.24) is 10.6 Å². The first-order valence-corrected chi connectivity index (χ1v) is 7.17. The fourth-order valence-electron chi connectivity index (χ4n) is 1.39. The Labute approximate surface area is 137 Å². The van der Waals surface area contributed by atoms with Gasteiger partial charge in [-0.2, -0.15) is 0 Å². The number of carbonyl (C=O) groups excluding carboxylic acids is 2. The van der Waals surface area contributed by atoms with Crippen LogP contribution in [-0.4, -0.2) is 24.1 Å². The van der Waals surface area contributed by atoms with Crippen molar-refractivity contribution >= 4 is 52.4 Å². The van der Waals surface area contributed by atoms with Crippen LogP contribution in [0, 0.1) is 0 Å². The maximum Gasteiger partial charge on any atom is 0.306 e. The molecule has 0 aliphatic heterocycles. The fourth-order valence-corrected chi connectivity index (χ4v) is 2.05. The van der Waals surface area contributed by atoms with E-state index in [1.165, 1.54) is 7.11 Å². The monoisotopic (exact) mass is 348 g/mol. The quantitative estimate of drug-likeness (QED) is 0.631. The number of thiocarbonyl (C=S) groups is 1. The molecule has 21 heavy (non-hydrogen) atoms. The first-order chi connectivity index (χ1) is 9.92. The Balaban J connectivity index is 2.37. The zero-order chi connectivity index (χ0) is 15.8. The molecular weight excluding hydrogens is 335 g/mol. The number of benzene rings is 1. The van der Waals surface area contributed by atoms with E-state index in [-0.39, 0.29) is 23.9 Å². The fraction of sp³-hybridized carbons (Fsp3) is 0.308. The normalized spacial score (nSPS) is 9.86. The van der Waals surface area contributed by atoms with Gasteiger partial charge in [-0.3, -0.25) is 9.59 Å². The SMILES string of the molecule is COC(=O)CCC(=O)NC(=S)NCc1ccc(Cl)cc1Cl. The average molecular weight is 349 g/mol. The van der Waals surface area contributed by atoms with Gasteiger partial charge in [-0.25, -0.2) is 0 Å². The molecule has 0 heterocycles. The van der Waals surface area contributed by atoms with E-state index in [9.17, 15) is 9.59 Å². The summed E-state index contributed by atoms with van der Waals surface area (Å²) in [6.45, 7) is 0.353. The van der Waals surface area contributed by atoms with Crippen molar-refractivity contribution in [3.63, 3.8) is 0 Å². The van der Waals surface area contributed by atoms with E-state index >= 15 is 0 Å². The maximum atomic E-state index is 11.5. The highest BCUT2D eigenvalue weighted by atomic mass is 35.5. The third kappa shape index (κ3) is 6.75. The molecule has 5 nitrogen and oxygen atoms in total. The van der Waals surface area contributed by atoms with E-state index in [0.29, 0.717) is 16.6 Å². The average Bonchev–Trinajstić information content (AvgIpc) is 2.43. The molecule has 8 heteroatoms. The summed E-state index contributed by atoms with van der Waals surface area (Å²) in [6.07, 6.45) is 0.0180. The van der Waals surface area contributed by atoms with Gasteiger partial charge in [0.2, 0.25) is 5.91 Å². The predicted octanol–water partition coefficient (Wildman–Crippen LogP) is 2.44. The van der Waals surface area contributed by atoms with Gasteiger partial charge in [-0.1, -0.05) is 29.3 Å². The molecule has 0 saturated heterocycles. The van der Waals surface area contributed by atoms with Gasteiger partial charge in [0.05, 0.1) is 13.5 Å². The second kappa shape index (κ2) is 8.81. The van der Waals surface area contributed by atoms with Gasteiger partial charge in [0.1, 0.15) is 0 Å². The minimum absolute atomic E-state index is 0.00790. The van der Waals surface area contributed by atoms with Gasteiger partial charge >= 0.3 is 5.97 Å². The molecule has 114 valence electrons. The molecule has 0 radical (unpaired) electrons. The van der Waals surface area contributed by atoms with Crippen LogP contribution in [0.5, 0.6) is 0 Å². The van der Waals surface area contributed by atoms with E-state index in [4.69, 9.17) is 35.4 Å². The molecule has 1 aromatic rings. The number of methoxy groups -OCH3 is 1. The standard InChI is InChI=1S/C13H14Cl2N2O3S/c1-20-12(19)5-4-11(18)17-13(21)16-7-8-2-3-9(14)6-10(8)15/h2-3,6H,4-5,7H2,1H3,(H2,16,17,18,21). The van der Waals surface area contributed by atoms with Crippen LogP contribution >= 0.6 is 35.4 Å². The first-order valence-electron chi connectivity index (χ1n) is 6.00. The Hall–Kier alpha value is -1.37. The van der Waals surface area contributed by atoms with E-state index in [1.54, 1.807) is 18.2 Å². The van der Waals surface area contributed by atoms with Crippen LogP contribution in [-0.2, 0) is 20.9 Å². The number of hydrogen-bond acceptors (Lipinski definition) is 4. The van der Waals surface area contributed by atoms with E-state index in [1.807, 2.05) is 0 Å². The highest BCUT2D eigenvalue weighted by Crippen LogP contribution is 2.20. The van der Waals surface area contributed by atoms with Crippen LogP contribution in [0.3, 0.4) is 0 Å². The largest absolute Gasteiger partial charge is 0.469 e. The van der Waals surface area contributed by atoms with Gasteiger partial charge in [0.15, 0.2) is 5.11 Å². The summed E-state index contributed by atoms with van der Waals surface area (Å²) in [5, 5.41) is 6.53. The maximum absolute atomic E-state index is 11.5. The van der Waals surface area contributed by atoms with Gasteiger partial charge in [0.25, 0.3) is 0 Å². The highest BCUT2D eigenvalue weighted by molar-refractivity contribution is 7.80. The first kappa shape index (κ1) is 17.7. The number of ether oxygens (including phenoxy) is 1. The summed E-state index contributed by atoms with van der Waals surface area (Å²) in [5.74, 6) is -0.808. The van der Waals surface area contributed by atoms with Gasteiger partial charge in [-0.15, -0.1) is 0 Å². The molecule has 1 rings (SSSR count). The van der Waals surface area contributed by atoms with Crippen LogP contribution in [0.25, 0.3) is 0 Å². The zero-order valence-corrected chi connectivity index (χ0v) is 13.6. The molecule has 0 bridgehead atoms. The third-order valence-electron chi connectivity index (χ3n) is 2.49. The van der Waals surface area contributed by atoms with Crippen LogP contribution in [0.4, 0.5) is 0 Å². The van der Waals surface area contributed by atoms with Crippen molar-refractivity contribution in [2.75, 3.05) is 7.11 Å². The van der Waals surface area contributed by atoms with Crippen LogP contribution in [0.15, 0.2) is 18.2 Å². The third-order valence-corrected chi connectivity index (χ3v) is 3.32. The molecule has 0 aromatic heterocycles. The number of halogens is 2. The molecule has 0 aliphatic carbocycles. The molecule has 0 aliphatic rings. The molecule has 0 spiro atoms. The Bertz CT molecular complexity index is 552. The second-order valence-electron chi connectivity index (χ2n) is 4.04. The summed E-state index contributed by atoms with van der Waals surface area (Å²) in [7, 11) is 1.27. The highest BCUT2D eigenvalue weighted by Gasteiger charge is 2.09. The number of esters is 1. The molecule has 1 amide bonds. The Morgan fingerprint density at radius 2 is 2.00 bits per heavy atom. The smallest absolute Gasteiger partial charge is 0.306 e. The number of carbonyl (C=O) groups is 2. The van der Waals surface area contributed by atoms with Crippen LogP contribution < -0.4 is 10.6 Å². The van der Waals surface area contributed by atoms with Crippen molar-refractivity contribution in [3.05, 3.63) is 33.8 Å². The molecule has 0 fully saturated rings. The van der Waals surface area contributed by atoms with E-state index < -0.39 is 5.97 Å². The molecule has 0 atom stereocenters. The van der Waals surface area contributed by atoms with Crippen molar-refractivity contribution < 1.29 is 14.3 Å². The lowest BCUT2D eigenvalue weighted by Crippen LogP contribution is -2.39. The summed E-state index contributed by atoms with van der Waals surface area (Å²) < 4.78 is 4.44. The summed E-state index contributed by atoms with van der Waals surface area (Å²) in [4.78, 5) is 22.4. The van der Waals surface area contributed by atoms with Crippen molar-refractivity contribution in [2.24, 2.45) is 0 Å². The molecule has 0 saturated carbocycles. The Morgan fingerprint density at radius 3 is 2.62 bits per heavy atom. The topological polar surface area (TPSA) is 67.4 Å². The summed E-state index contributed by atoms with van der Waals surface area (Å²) >= 11 is 16.8. The van der Waals surface area contributed by atoms with Gasteiger partial charge < -0.3 is 15.4 Å². The molecule has 0 unspecified atom stereocenters. The molecule has 1 aromatic carbocycles. The lowest BCUT2D eigenvalue weighted by Gasteiger charge is -2.10. The summed E-state index contributed by atoms with van der Waals surface area (Å²) in [5.41, 5.74) is 0.798. The van der Waals surface area contributed by atoms with Gasteiger partial charge in [-0.05, 0) is 29.9 Å². The second-order valence-corrected chi connectivity index (χ2v) is 5.29. The Morgan fingerprint density at radius 1 is 1.29 bits per heavy atom. The zero-order valence-electron chi connectivity index (χ0n) is 11.2. The minimum atomic E-state index is -0.447. The van der Waals surface area contributed by atoms with Crippen molar-refractivity contribution in [2.45, 2.75) is 19.4 Å². The summed E-state index contributed by atoms with van der Waals surface area (Å²) in [6, 6.07) is 5.10. The van der Waals surface area contributed by atoms with E-state index in [0.717, 1.165) is 5.56 Å². The van der Waals surface area contributed by atoms with Gasteiger partial charge in [0, 0.05) is 23.0 Å².